The van der Waals surface area contributed by atoms with E-state index in [-0.39, 0.29) is 6.04 Å². The molecule has 20 heavy (non-hydrogen) atoms. The maximum absolute atomic E-state index is 5.52. The van der Waals surface area contributed by atoms with Crippen LogP contribution in [0, 0.1) is 0 Å². The molecular formula is C15H25NO4. The van der Waals surface area contributed by atoms with Crippen molar-refractivity contribution in [2.24, 2.45) is 0 Å². The van der Waals surface area contributed by atoms with Crippen LogP contribution in [-0.2, 0) is 4.74 Å². The number of methoxy groups -OCH3 is 4. The first-order valence-corrected chi connectivity index (χ1v) is 6.68. The highest BCUT2D eigenvalue weighted by molar-refractivity contribution is 5.56. The van der Waals surface area contributed by atoms with Crippen molar-refractivity contribution in [1.82, 2.24) is 5.32 Å². The fourth-order valence-electron chi connectivity index (χ4n) is 2.29. The predicted octanol–water partition coefficient (Wildman–Crippen LogP) is 2.40. The minimum Gasteiger partial charge on any atom is -0.493 e. The summed E-state index contributed by atoms with van der Waals surface area (Å²) in [5, 5.41) is 3.31. The second-order valence-corrected chi connectivity index (χ2v) is 4.40. The molecule has 0 saturated heterocycles. The van der Waals surface area contributed by atoms with Crippen molar-refractivity contribution in [3.8, 4) is 17.2 Å². The van der Waals surface area contributed by atoms with Gasteiger partial charge >= 0.3 is 0 Å². The van der Waals surface area contributed by atoms with Crippen LogP contribution in [0.25, 0.3) is 0 Å². The Morgan fingerprint density at radius 3 is 2.20 bits per heavy atom. The fourth-order valence-corrected chi connectivity index (χ4v) is 2.29. The Morgan fingerprint density at radius 2 is 1.70 bits per heavy atom. The monoisotopic (exact) mass is 283 g/mol. The van der Waals surface area contributed by atoms with Crippen molar-refractivity contribution in [3.63, 3.8) is 0 Å². The van der Waals surface area contributed by atoms with Gasteiger partial charge in [0.15, 0.2) is 11.5 Å². The van der Waals surface area contributed by atoms with Crippen molar-refractivity contribution in [2.45, 2.75) is 18.9 Å². The normalized spacial score (nSPS) is 12.1. The van der Waals surface area contributed by atoms with E-state index in [0.717, 1.165) is 25.0 Å². The Morgan fingerprint density at radius 1 is 1.00 bits per heavy atom. The molecule has 0 aliphatic rings. The first-order valence-electron chi connectivity index (χ1n) is 6.68. The average molecular weight is 283 g/mol. The van der Waals surface area contributed by atoms with Crippen LogP contribution in [0.2, 0.25) is 0 Å². The highest BCUT2D eigenvalue weighted by atomic mass is 16.5. The lowest BCUT2D eigenvalue weighted by Gasteiger charge is -2.22. The van der Waals surface area contributed by atoms with Crippen LogP contribution in [-0.4, -0.2) is 42.1 Å². The van der Waals surface area contributed by atoms with Crippen LogP contribution in [0.1, 0.15) is 24.4 Å². The Labute approximate surface area is 121 Å². The van der Waals surface area contributed by atoms with E-state index >= 15 is 0 Å². The second-order valence-electron chi connectivity index (χ2n) is 4.40. The number of benzene rings is 1. The van der Waals surface area contributed by atoms with Gasteiger partial charge in [-0.25, -0.2) is 0 Å². The van der Waals surface area contributed by atoms with Crippen molar-refractivity contribution < 1.29 is 18.9 Å². The molecule has 1 aromatic carbocycles. The molecule has 0 aliphatic heterocycles. The summed E-state index contributed by atoms with van der Waals surface area (Å²) in [6, 6.07) is 4.09. The molecule has 1 N–H and O–H groups in total. The van der Waals surface area contributed by atoms with E-state index < -0.39 is 0 Å². The first-order chi connectivity index (χ1) is 9.73. The third-order valence-corrected chi connectivity index (χ3v) is 3.30. The van der Waals surface area contributed by atoms with E-state index in [4.69, 9.17) is 18.9 Å². The Kier molecular flexibility index (Phi) is 7.18. The molecule has 0 saturated carbocycles. The van der Waals surface area contributed by atoms with Gasteiger partial charge in [0.1, 0.15) is 0 Å². The number of rotatable bonds is 9. The standard InChI is InChI=1S/C15H25NO4/c1-16-12(7-6-10-17-2)11-8-9-13(18-3)15(20-5)14(11)19-4/h8-9,12,16H,6-7,10H2,1-5H3. The molecule has 0 heterocycles. The average Bonchev–Trinajstić information content (AvgIpc) is 2.50. The second kappa shape index (κ2) is 8.66. The Balaban J connectivity index is 3.08. The van der Waals surface area contributed by atoms with Gasteiger partial charge in [-0.3, -0.25) is 0 Å². The summed E-state index contributed by atoms with van der Waals surface area (Å²) in [6.07, 6.45) is 1.93. The van der Waals surface area contributed by atoms with Gasteiger partial charge in [0.2, 0.25) is 5.75 Å². The lowest BCUT2D eigenvalue weighted by atomic mass is 10.0. The first kappa shape index (κ1) is 16.6. The molecule has 0 aromatic heterocycles. The van der Waals surface area contributed by atoms with Gasteiger partial charge in [0.25, 0.3) is 0 Å². The van der Waals surface area contributed by atoms with Gasteiger partial charge in [-0.05, 0) is 32.0 Å². The molecule has 5 heteroatoms. The maximum atomic E-state index is 5.52. The third-order valence-electron chi connectivity index (χ3n) is 3.30. The van der Waals surface area contributed by atoms with Crippen LogP contribution in [0.3, 0.4) is 0 Å². The summed E-state index contributed by atoms with van der Waals surface area (Å²) in [4.78, 5) is 0. The van der Waals surface area contributed by atoms with Crippen LogP contribution >= 0.6 is 0 Å². The summed E-state index contributed by atoms with van der Waals surface area (Å²) in [6.45, 7) is 0.744. The van der Waals surface area contributed by atoms with Crippen molar-refractivity contribution in [2.75, 3.05) is 42.1 Å². The predicted molar refractivity (Wildman–Crippen MR) is 79.0 cm³/mol. The summed E-state index contributed by atoms with van der Waals surface area (Å²) in [7, 11) is 8.52. The number of nitrogens with one attached hydrogen (secondary N) is 1. The zero-order chi connectivity index (χ0) is 15.0. The van der Waals surface area contributed by atoms with Crippen molar-refractivity contribution in [3.05, 3.63) is 17.7 Å². The summed E-state index contributed by atoms with van der Waals surface area (Å²) in [5.41, 5.74) is 1.06. The molecule has 0 spiro atoms. The van der Waals surface area contributed by atoms with Gasteiger partial charge in [0, 0.05) is 25.3 Å². The van der Waals surface area contributed by atoms with Crippen LogP contribution < -0.4 is 19.5 Å². The zero-order valence-electron chi connectivity index (χ0n) is 13.0. The summed E-state index contributed by atoms with van der Waals surface area (Å²) >= 11 is 0. The molecule has 0 radical (unpaired) electrons. The lowest BCUT2D eigenvalue weighted by molar-refractivity contribution is 0.189. The van der Waals surface area contributed by atoms with Crippen LogP contribution in [0.5, 0.6) is 17.2 Å². The molecule has 5 nitrogen and oxygen atoms in total. The number of hydrogen-bond acceptors (Lipinski definition) is 5. The molecule has 1 rings (SSSR count). The minimum absolute atomic E-state index is 0.180. The Bertz CT molecular complexity index is 409. The van der Waals surface area contributed by atoms with Gasteiger partial charge in [-0.15, -0.1) is 0 Å². The quantitative estimate of drug-likeness (QED) is 0.705. The topological polar surface area (TPSA) is 49.0 Å². The SMILES string of the molecule is CNC(CCCOC)c1ccc(OC)c(OC)c1OC. The van der Waals surface area contributed by atoms with E-state index in [0.29, 0.717) is 17.2 Å². The van der Waals surface area contributed by atoms with Crippen LogP contribution in [0.4, 0.5) is 0 Å². The van der Waals surface area contributed by atoms with Gasteiger partial charge in [0.05, 0.1) is 21.3 Å². The van der Waals surface area contributed by atoms with E-state index in [2.05, 4.69) is 5.32 Å². The van der Waals surface area contributed by atoms with Crippen molar-refractivity contribution in [1.29, 1.82) is 0 Å². The molecule has 1 unspecified atom stereocenters. The Hall–Kier alpha value is -1.46. The lowest BCUT2D eigenvalue weighted by Crippen LogP contribution is -2.18. The summed E-state index contributed by atoms with van der Waals surface area (Å²) in [5.74, 6) is 2.00. The van der Waals surface area contributed by atoms with Gasteiger partial charge < -0.3 is 24.3 Å². The van der Waals surface area contributed by atoms with E-state index in [9.17, 15) is 0 Å². The molecule has 0 fully saturated rings. The minimum atomic E-state index is 0.180. The van der Waals surface area contributed by atoms with E-state index in [1.165, 1.54) is 0 Å². The molecule has 1 atom stereocenters. The van der Waals surface area contributed by atoms with E-state index in [1.54, 1.807) is 28.4 Å². The van der Waals surface area contributed by atoms with Gasteiger partial charge in [-0.1, -0.05) is 0 Å². The molecular weight excluding hydrogens is 258 g/mol. The summed E-state index contributed by atoms with van der Waals surface area (Å²) < 4.78 is 21.3. The number of hydrogen-bond donors (Lipinski definition) is 1. The largest absolute Gasteiger partial charge is 0.493 e. The maximum Gasteiger partial charge on any atom is 0.203 e. The van der Waals surface area contributed by atoms with E-state index in [1.807, 2.05) is 19.2 Å². The molecule has 0 bridgehead atoms. The molecule has 1 aromatic rings. The molecule has 0 aliphatic carbocycles. The number of ether oxygens (including phenoxy) is 4. The zero-order valence-corrected chi connectivity index (χ0v) is 13.0. The smallest absolute Gasteiger partial charge is 0.203 e. The van der Waals surface area contributed by atoms with Crippen molar-refractivity contribution >= 4 is 0 Å². The highest BCUT2D eigenvalue weighted by Crippen LogP contribution is 2.42. The van der Waals surface area contributed by atoms with Crippen LogP contribution in [0.15, 0.2) is 12.1 Å². The third kappa shape index (κ3) is 3.77. The molecule has 114 valence electrons. The van der Waals surface area contributed by atoms with Gasteiger partial charge in [-0.2, -0.15) is 0 Å². The fraction of sp³-hybridized carbons (Fsp3) is 0.600. The highest BCUT2D eigenvalue weighted by Gasteiger charge is 2.21. The molecule has 0 amide bonds.